The first-order chi connectivity index (χ1) is 10.1. The van der Waals surface area contributed by atoms with E-state index >= 15 is 0 Å². The second-order valence-corrected chi connectivity index (χ2v) is 4.86. The molecule has 10 heteroatoms. The lowest BCUT2D eigenvalue weighted by Gasteiger charge is -2.04. The molecule has 2 rings (SSSR count). The summed E-state index contributed by atoms with van der Waals surface area (Å²) in [4.78, 5) is 23.9. The van der Waals surface area contributed by atoms with Crippen molar-refractivity contribution in [3.8, 4) is 10.7 Å². The predicted octanol–water partition coefficient (Wildman–Crippen LogP) is -0.381. The van der Waals surface area contributed by atoms with Crippen molar-refractivity contribution in [1.82, 2.24) is 25.5 Å². The summed E-state index contributed by atoms with van der Waals surface area (Å²) in [6.07, 6.45) is 0. The number of amides is 1. The number of hydrogen-bond acceptors (Lipinski definition) is 7. The van der Waals surface area contributed by atoms with Gasteiger partial charge in [0.15, 0.2) is 0 Å². The topological polar surface area (TPSA) is 119 Å². The number of aromatic nitrogens is 4. The summed E-state index contributed by atoms with van der Waals surface area (Å²) in [6.45, 7) is -0.0934. The maximum Gasteiger partial charge on any atom is 0.329 e. The minimum absolute atomic E-state index is 0.0582. The number of hydrogen-bond donors (Lipinski definition) is 2. The van der Waals surface area contributed by atoms with Crippen LogP contribution in [-0.4, -0.2) is 56.9 Å². The molecule has 0 saturated carbocycles. The molecule has 1 amide bonds. The Labute approximate surface area is 123 Å². The number of aliphatic carboxylic acids is 1. The Bertz CT molecular complexity index is 598. The van der Waals surface area contributed by atoms with E-state index in [9.17, 15) is 9.59 Å². The normalized spacial score (nSPS) is 10.5. The summed E-state index contributed by atoms with van der Waals surface area (Å²) in [6, 6.07) is 3.75. The van der Waals surface area contributed by atoms with Gasteiger partial charge in [-0.25, -0.2) is 4.79 Å². The van der Waals surface area contributed by atoms with E-state index in [-0.39, 0.29) is 32.2 Å². The number of carboxylic acid groups (broad SMARTS) is 1. The Morgan fingerprint density at radius 3 is 3.05 bits per heavy atom. The second-order valence-electron chi connectivity index (χ2n) is 3.92. The lowest BCUT2D eigenvalue weighted by molar-refractivity contribution is -0.142. The quantitative estimate of drug-likeness (QED) is 0.638. The van der Waals surface area contributed by atoms with E-state index in [1.807, 2.05) is 17.5 Å². The fourth-order valence-corrected chi connectivity index (χ4v) is 2.07. The Hall–Kier alpha value is -2.33. The van der Waals surface area contributed by atoms with Crippen molar-refractivity contribution in [2.24, 2.45) is 0 Å². The van der Waals surface area contributed by atoms with Gasteiger partial charge in [0.2, 0.25) is 11.7 Å². The summed E-state index contributed by atoms with van der Waals surface area (Å²) < 4.78 is 4.79. The Balaban J connectivity index is 1.72. The zero-order chi connectivity index (χ0) is 15.1. The highest BCUT2D eigenvalue weighted by Crippen LogP contribution is 2.19. The molecule has 2 aromatic heterocycles. The predicted molar refractivity (Wildman–Crippen MR) is 72.6 cm³/mol. The van der Waals surface area contributed by atoms with Crippen LogP contribution in [0.4, 0.5) is 0 Å². The van der Waals surface area contributed by atoms with Crippen LogP contribution in [0, 0.1) is 0 Å². The van der Waals surface area contributed by atoms with E-state index in [2.05, 4.69) is 20.7 Å². The molecule has 2 heterocycles. The molecule has 0 aromatic carbocycles. The molecule has 0 saturated heterocycles. The van der Waals surface area contributed by atoms with E-state index < -0.39 is 5.97 Å². The van der Waals surface area contributed by atoms with E-state index in [0.29, 0.717) is 5.82 Å². The first-order valence-electron chi connectivity index (χ1n) is 6.03. The Morgan fingerprint density at radius 1 is 1.48 bits per heavy atom. The lowest BCUT2D eigenvalue weighted by atomic mass is 10.5. The highest BCUT2D eigenvalue weighted by molar-refractivity contribution is 7.13. The van der Waals surface area contributed by atoms with E-state index in [1.54, 1.807) is 0 Å². The van der Waals surface area contributed by atoms with Crippen LogP contribution in [0.15, 0.2) is 17.5 Å². The van der Waals surface area contributed by atoms with Gasteiger partial charge in [0.1, 0.15) is 13.2 Å². The molecule has 0 atom stereocenters. The molecule has 21 heavy (non-hydrogen) atoms. The number of carboxylic acids is 1. The lowest BCUT2D eigenvalue weighted by Crippen LogP contribution is -2.31. The maximum absolute atomic E-state index is 11.6. The van der Waals surface area contributed by atoms with Gasteiger partial charge in [-0.05, 0) is 16.7 Å². The maximum atomic E-state index is 11.6. The van der Waals surface area contributed by atoms with Crippen LogP contribution in [0.2, 0.25) is 0 Å². The molecule has 0 radical (unpaired) electrons. The fraction of sp³-hybridized carbons (Fsp3) is 0.364. The van der Waals surface area contributed by atoms with Crippen molar-refractivity contribution < 1.29 is 19.4 Å². The summed E-state index contributed by atoms with van der Waals surface area (Å²) in [5.41, 5.74) is 0. The first kappa shape index (κ1) is 15.1. The van der Waals surface area contributed by atoms with Gasteiger partial charge in [-0.1, -0.05) is 6.07 Å². The van der Waals surface area contributed by atoms with Gasteiger partial charge in [0.05, 0.1) is 11.5 Å². The van der Waals surface area contributed by atoms with Crippen molar-refractivity contribution in [2.75, 3.05) is 19.8 Å². The summed E-state index contributed by atoms with van der Waals surface area (Å²) in [5, 5.41) is 24.6. The second kappa shape index (κ2) is 7.45. The molecular weight excluding hydrogens is 298 g/mol. The molecule has 0 aliphatic rings. The number of nitrogens with one attached hydrogen (secondary N) is 1. The van der Waals surface area contributed by atoms with Crippen molar-refractivity contribution in [2.45, 2.75) is 6.54 Å². The number of ether oxygens (including phenoxy) is 1. The molecule has 0 spiro atoms. The number of rotatable bonds is 8. The van der Waals surface area contributed by atoms with Gasteiger partial charge in [0, 0.05) is 6.54 Å². The van der Waals surface area contributed by atoms with Crippen molar-refractivity contribution in [3.05, 3.63) is 17.5 Å². The Kier molecular flexibility index (Phi) is 5.35. The van der Waals surface area contributed by atoms with Crippen LogP contribution < -0.4 is 5.32 Å². The van der Waals surface area contributed by atoms with Gasteiger partial charge in [-0.15, -0.1) is 21.5 Å². The third-order valence-electron chi connectivity index (χ3n) is 2.27. The monoisotopic (exact) mass is 311 g/mol. The smallest absolute Gasteiger partial charge is 0.329 e. The fourth-order valence-electron chi connectivity index (χ4n) is 1.42. The minimum Gasteiger partial charge on any atom is -0.480 e. The molecule has 2 aromatic rings. The molecule has 112 valence electrons. The number of nitrogens with zero attached hydrogens (tertiary/aromatic N) is 4. The minimum atomic E-state index is -1.05. The van der Waals surface area contributed by atoms with Gasteiger partial charge in [-0.3, -0.25) is 4.79 Å². The highest BCUT2D eigenvalue weighted by atomic mass is 32.1. The average Bonchev–Trinajstić information content (AvgIpc) is 3.08. The van der Waals surface area contributed by atoms with Gasteiger partial charge in [0.25, 0.3) is 0 Å². The number of thiophene rings is 1. The summed E-state index contributed by atoms with van der Waals surface area (Å²) in [7, 11) is 0. The van der Waals surface area contributed by atoms with Crippen molar-refractivity contribution in [1.29, 1.82) is 0 Å². The highest BCUT2D eigenvalue weighted by Gasteiger charge is 2.09. The molecule has 0 bridgehead atoms. The van der Waals surface area contributed by atoms with E-state index in [4.69, 9.17) is 9.84 Å². The largest absolute Gasteiger partial charge is 0.480 e. The van der Waals surface area contributed by atoms with Crippen molar-refractivity contribution in [3.63, 3.8) is 0 Å². The first-order valence-corrected chi connectivity index (χ1v) is 6.91. The van der Waals surface area contributed by atoms with Crippen LogP contribution >= 0.6 is 11.3 Å². The zero-order valence-electron chi connectivity index (χ0n) is 10.9. The van der Waals surface area contributed by atoms with Crippen LogP contribution in [0.25, 0.3) is 10.7 Å². The molecular formula is C11H13N5O4S. The summed E-state index contributed by atoms with van der Waals surface area (Å²) >= 11 is 1.49. The third-order valence-corrected chi connectivity index (χ3v) is 3.14. The SMILES string of the molecule is O=C(O)COCCNC(=O)Cn1nnc(-c2cccs2)n1. The molecule has 9 nitrogen and oxygen atoms in total. The van der Waals surface area contributed by atoms with Crippen LogP contribution in [-0.2, 0) is 20.9 Å². The third kappa shape index (κ3) is 4.93. The Morgan fingerprint density at radius 2 is 2.33 bits per heavy atom. The zero-order valence-corrected chi connectivity index (χ0v) is 11.7. The molecule has 0 aliphatic heterocycles. The summed E-state index contributed by atoms with van der Waals surface area (Å²) in [5.74, 6) is -0.874. The van der Waals surface area contributed by atoms with Crippen LogP contribution in [0.5, 0.6) is 0 Å². The molecule has 2 N–H and O–H groups in total. The van der Waals surface area contributed by atoms with Crippen LogP contribution in [0.1, 0.15) is 0 Å². The standard InChI is InChI=1S/C11H13N5O4S/c17-9(12-3-4-20-7-10(18)19)6-16-14-11(13-15-16)8-2-1-5-21-8/h1-2,5H,3-4,6-7H2,(H,12,17)(H,18,19). The van der Waals surface area contributed by atoms with Gasteiger partial charge >= 0.3 is 5.97 Å². The number of tetrazole rings is 1. The average molecular weight is 311 g/mol. The molecule has 0 fully saturated rings. The molecule has 0 unspecified atom stereocenters. The van der Waals surface area contributed by atoms with Gasteiger partial charge in [-0.2, -0.15) is 4.80 Å². The molecule has 0 aliphatic carbocycles. The van der Waals surface area contributed by atoms with E-state index in [1.165, 1.54) is 16.1 Å². The van der Waals surface area contributed by atoms with Crippen LogP contribution in [0.3, 0.4) is 0 Å². The van der Waals surface area contributed by atoms with Gasteiger partial charge < -0.3 is 15.2 Å². The number of carbonyl (C=O) groups is 2. The van der Waals surface area contributed by atoms with E-state index in [0.717, 1.165) is 4.88 Å². The van der Waals surface area contributed by atoms with Crippen molar-refractivity contribution >= 4 is 23.2 Å². The number of carbonyl (C=O) groups excluding carboxylic acids is 1.